The minimum atomic E-state index is -2.08. The van der Waals surface area contributed by atoms with Gasteiger partial charge in [0.15, 0.2) is 14.4 Å². The highest BCUT2D eigenvalue weighted by atomic mass is 28.4. The van der Waals surface area contributed by atoms with Crippen LogP contribution in [0.4, 0.5) is 4.79 Å². The van der Waals surface area contributed by atoms with E-state index in [0.29, 0.717) is 6.42 Å². The summed E-state index contributed by atoms with van der Waals surface area (Å²) in [6.45, 7) is 12.9. The third-order valence-electron chi connectivity index (χ3n) is 7.25. The molecule has 0 spiro atoms. The summed E-state index contributed by atoms with van der Waals surface area (Å²) in [5.74, 6) is -0.591. The van der Waals surface area contributed by atoms with Gasteiger partial charge >= 0.3 is 6.09 Å². The molecule has 37 heavy (non-hydrogen) atoms. The molecule has 1 saturated heterocycles. The van der Waals surface area contributed by atoms with E-state index in [0.717, 1.165) is 16.0 Å². The summed E-state index contributed by atoms with van der Waals surface area (Å²) in [6.07, 6.45) is -2.75. The van der Waals surface area contributed by atoms with Crippen LogP contribution >= 0.6 is 0 Å². The predicted molar refractivity (Wildman–Crippen MR) is 146 cm³/mol. The quantitative estimate of drug-likeness (QED) is 0.398. The second-order valence-corrected chi connectivity index (χ2v) is 16.1. The van der Waals surface area contributed by atoms with Crippen LogP contribution in [0.2, 0.25) is 18.1 Å². The Morgan fingerprint density at radius 3 is 2.22 bits per heavy atom. The van der Waals surface area contributed by atoms with Crippen molar-refractivity contribution < 1.29 is 28.6 Å². The van der Waals surface area contributed by atoms with Gasteiger partial charge < -0.3 is 19.0 Å². The molecule has 3 rings (SSSR count). The van der Waals surface area contributed by atoms with E-state index in [1.807, 2.05) is 67.6 Å². The van der Waals surface area contributed by atoms with Gasteiger partial charge in [-0.1, -0.05) is 81.4 Å². The van der Waals surface area contributed by atoms with Crippen molar-refractivity contribution in [2.75, 3.05) is 6.61 Å². The normalized spacial score (nSPS) is 18.8. The molecule has 0 aromatic heterocycles. The van der Waals surface area contributed by atoms with Crippen LogP contribution in [0.5, 0.6) is 0 Å². The van der Waals surface area contributed by atoms with Gasteiger partial charge in [-0.05, 0) is 42.6 Å². The average molecular weight is 528 g/mol. The van der Waals surface area contributed by atoms with E-state index in [-0.39, 0.29) is 30.8 Å². The second kappa shape index (κ2) is 12.3. The van der Waals surface area contributed by atoms with Crippen LogP contribution in [0.25, 0.3) is 0 Å². The number of aliphatic hydroxyl groups excluding tert-OH is 1. The number of ether oxygens (including phenoxy) is 2. The van der Waals surface area contributed by atoms with E-state index in [2.05, 4.69) is 33.9 Å². The highest BCUT2D eigenvalue weighted by Gasteiger charge is 2.44. The van der Waals surface area contributed by atoms with Crippen molar-refractivity contribution in [1.82, 2.24) is 4.90 Å². The number of carbonyl (C=O) groups excluding carboxylic acids is 2. The lowest BCUT2D eigenvalue weighted by atomic mass is 10.0. The Balaban J connectivity index is 1.78. The first-order valence-electron chi connectivity index (χ1n) is 12.9. The zero-order valence-corrected chi connectivity index (χ0v) is 23.8. The lowest BCUT2D eigenvalue weighted by molar-refractivity contribution is -0.152. The molecule has 7 nitrogen and oxygen atoms in total. The number of amides is 2. The summed E-state index contributed by atoms with van der Waals surface area (Å²) < 4.78 is 17.7. The van der Waals surface area contributed by atoms with Gasteiger partial charge in [0.1, 0.15) is 6.61 Å². The van der Waals surface area contributed by atoms with E-state index >= 15 is 0 Å². The molecule has 1 fully saturated rings. The fourth-order valence-corrected chi connectivity index (χ4v) is 5.66. The van der Waals surface area contributed by atoms with Crippen molar-refractivity contribution in [3.63, 3.8) is 0 Å². The Morgan fingerprint density at radius 1 is 1.08 bits per heavy atom. The molecule has 2 aromatic carbocycles. The first-order chi connectivity index (χ1) is 17.4. The van der Waals surface area contributed by atoms with Crippen molar-refractivity contribution in [1.29, 1.82) is 0 Å². The van der Waals surface area contributed by atoms with E-state index in [1.54, 1.807) is 0 Å². The van der Waals surface area contributed by atoms with Gasteiger partial charge in [-0.15, -0.1) is 0 Å². The van der Waals surface area contributed by atoms with Gasteiger partial charge in [-0.3, -0.25) is 4.79 Å². The smallest absolute Gasteiger partial charge is 0.417 e. The summed E-state index contributed by atoms with van der Waals surface area (Å²) >= 11 is 0. The number of rotatable bonds is 11. The Hall–Kier alpha value is -2.52. The molecule has 1 N–H and O–H groups in total. The first kappa shape index (κ1) is 29.0. The summed E-state index contributed by atoms with van der Waals surface area (Å²) in [6, 6.07) is 18.6. The fourth-order valence-electron chi connectivity index (χ4n) is 4.20. The molecule has 2 amide bonds. The van der Waals surface area contributed by atoms with Crippen LogP contribution in [0, 0.1) is 0 Å². The molecule has 1 aliphatic heterocycles. The average Bonchev–Trinajstić information content (AvgIpc) is 3.18. The van der Waals surface area contributed by atoms with E-state index in [4.69, 9.17) is 13.9 Å². The molecule has 2 aromatic rings. The van der Waals surface area contributed by atoms with Crippen molar-refractivity contribution in [3.8, 4) is 0 Å². The van der Waals surface area contributed by atoms with Gasteiger partial charge in [0.25, 0.3) is 5.91 Å². The number of imide groups is 1. The SMILES string of the molecule is C[C@H](C[C@H](O)[C@@H](OCc1ccccc1)C(=O)N1C(=O)OC[C@H]1Cc1ccccc1)O[Si](C)(C)C(C)(C)C. The maximum absolute atomic E-state index is 13.8. The van der Waals surface area contributed by atoms with Crippen LogP contribution in [-0.2, 0) is 31.7 Å². The second-order valence-electron chi connectivity index (χ2n) is 11.3. The van der Waals surface area contributed by atoms with Crippen LogP contribution in [0.3, 0.4) is 0 Å². The zero-order chi connectivity index (χ0) is 27.2. The summed E-state index contributed by atoms with van der Waals surface area (Å²) in [4.78, 5) is 27.5. The Morgan fingerprint density at radius 2 is 1.65 bits per heavy atom. The van der Waals surface area contributed by atoms with E-state index < -0.39 is 38.6 Å². The van der Waals surface area contributed by atoms with E-state index in [9.17, 15) is 14.7 Å². The van der Waals surface area contributed by atoms with Crippen LogP contribution in [0.15, 0.2) is 60.7 Å². The fraction of sp³-hybridized carbons (Fsp3) is 0.517. The Bertz CT molecular complexity index is 1020. The first-order valence-corrected chi connectivity index (χ1v) is 15.8. The molecule has 4 atom stereocenters. The maximum Gasteiger partial charge on any atom is 0.417 e. The van der Waals surface area contributed by atoms with Crippen molar-refractivity contribution >= 4 is 20.3 Å². The van der Waals surface area contributed by atoms with Gasteiger partial charge in [0.05, 0.1) is 18.8 Å². The molecular weight excluding hydrogens is 486 g/mol. The largest absolute Gasteiger partial charge is 0.447 e. The predicted octanol–water partition coefficient (Wildman–Crippen LogP) is 5.32. The highest BCUT2D eigenvalue weighted by molar-refractivity contribution is 6.74. The summed E-state index contributed by atoms with van der Waals surface area (Å²) in [5.41, 5.74) is 1.85. The molecule has 0 bridgehead atoms. The molecule has 8 heteroatoms. The number of benzene rings is 2. The van der Waals surface area contributed by atoms with E-state index in [1.165, 1.54) is 0 Å². The standard InChI is InChI=1S/C29H41NO6Si/c1-21(36-37(5,6)29(2,3)4)17-25(31)26(34-19-23-15-11-8-12-16-23)27(32)30-24(20-35-28(30)33)18-22-13-9-7-10-14-22/h7-16,21,24-26,31H,17-20H2,1-6H3/t21-,24-,25+,26-/m1/s1. The molecule has 0 saturated carbocycles. The Kier molecular flexibility index (Phi) is 9.69. The maximum atomic E-state index is 13.8. The van der Waals surface area contributed by atoms with Gasteiger partial charge in [-0.25, -0.2) is 9.69 Å². The minimum absolute atomic E-state index is 0.00914. The molecule has 202 valence electrons. The van der Waals surface area contributed by atoms with Crippen LogP contribution in [0.1, 0.15) is 45.2 Å². The topological polar surface area (TPSA) is 85.3 Å². The zero-order valence-electron chi connectivity index (χ0n) is 22.8. The lowest BCUT2D eigenvalue weighted by Crippen LogP contribution is -2.51. The van der Waals surface area contributed by atoms with Crippen LogP contribution in [-0.4, -0.2) is 61.3 Å². The molecule has 1 heterocycles. The third kappa shape index (κ3) is 7.74. The number of carbonyl (C=O) groups is 2. The number of hydrogen-bond acceptors (Lipinski definition) is 6. The van der Waals surface area contributed by atoms with Crippen molar-refractivity contribution in [2.24, 2.45) is 0 Å². The Labute approximate surface area is 221 Å². The van der Waals surface area contributed by atoms with Crippen LogP contribution < -0.4 is 0 Å². The number of aliphatic hydroxyl groups is 1. The molecule has 0 radical (unpaired) electrons. The molecular formula is C29H41NO6Si. The summed E-state index contributed by atoms with van der Waals surface area (Å²) in [5, 5.41) is 11.3. The molecule has 0 unspecified atom stereocenters. The van der Waals surface area contributed by atoms with Gasteiger partial charge in [0.2, 0.25) is 0 Å². The number of cyclic esters (lactones) is 1. The van der Waals surface area contributed by atoms with Crippen molar-refractivity contribution in [3.05, 3.63) is 71.8 Å². The minimum Gasteiger partial charge on any atom is -0.447 e. The molecule has 1 aliphatic rings. The van der Waals surface area contributed by atoms with Crippen molar-refractivity contribution in [2.45, 2.75) is 89.6 Å². The monoisotopic (exact) mass is 527 g/mol. The van der Waals surface area contributed by atoms with Gasteiger partial charge in [-0.2, -0.15) is 0 Å². The number of nitrogens with zero attached hydrogens (tertiary/aromatic N) is 1. The summed E-state index contributed by atoms with van der Waals surface area (Å²) in [7, 11) is -2.08. The third-order valence-corrected chi connectivity index (χ3v) is 11.9. The lowest BCUT2D eigenvalue weighted by Gasteiger charge is -2.39. The highest BCUT2D eigenvalue weighted by Crippen LogP contribution is 2.37. The number of hydrogen-bond donors (Lipinski definition) is 1. The van der Waals surface area contributed by atoms with Gasteiger partial charge in [0, 0.05) is 12.5 Å². The molecule has 0 aliphatic carbocycles.